The number of halogens is 5. The van der Waals surface area contributed by atoms with Crippen molar-refractivity contribution in [3.63, 3.8) is 0 Å². The van der Waals surface area contributed by atoms with Gasteiger partial charge in [-0.3, -0.25) is 4.79 Å². The maximum Gasteiger partial charge on any atom is 0.463 e. The van der Waals surface area contributed by atoms with Crippen LogP contribution in [0.5, 0.6) is 0 Å². The Kier molecular flexibility index (Phi) is 4.32. The Bertz CT molecular complexity index is 268. The molecule has 0 radical (unpaired) electrons. The maximum atomic E-state index is 12.6. The molecule has 1 saturated carbocycles. The average molecular weight is 259 g/mol. The number of hydrogen-bond acceptors (Lipinski definition) is 1. The van der Waals surface area contributed by atoms with Crippen LogP contribution in [0.25, 0.3) is 0 Å². The lowest BCUT2D eigenvalue weighted by molar-refractivity contribution is -0.270. The molecule has 0 unspecified atom stereocenters. The zero-order valence-electron chi connectivity index (χ0n) is 9.12. The van der Waals surface area contributed by atoms with E-state index in [4.69, 9.17) is 0 Å². The number of alkyl halides is 5. The molecule has 0 aromatic carbocycles. The Morgan fingerprint density at radius 1 is 0.941 bits per heavy atom. The molecule has 2 nitrogen and oxygen atoms in total. The summed E-state index contributed by atoms with van der Waals surface area (Å²) in [6, 6.07) is -0.571. The Labute approximate surface area is 95.6 Å². The smallest absolute Gasteiger partial charge is 0.348 e. The minimum atomic E-state index is -5.83. The van der Waals surface area contributed by atoms with E-state index >= 15 is 0 Å². The van der Waals surface area contributed by atoms with Crippen LogP contribution < -0.4 is 5.32 Å². The second-order valence-corrected chi connectivity index (χ2v) is 4.23. The fraction of sp³-hybridized carbons (Fsp3) is 0.900. The molecule has 1 aliphatic carbocycles. The molecule has 0 bridgehead atoms. The SMILES string of the molecule is O=C(NC1CCCCCC1)C(F)(F)C(F)(F)F. The average Bonchev–Trinajstić information content (AvgIpc) is 2.44. The largest absolute Gasteiger partial charge is 0.463 e. The molecule has 0 saturated heterocycles. The first kappa shape index (κ1) is 14.2. The molecule has 1 amide bonds. The van der Waals surface area contributed by atoms with Crippen molar-refractivity contribution < 1.29 is 26.7 Å². The lowest BCUT2D eigenvalue weighted by Crippen LogP contribution is -2.52. The predicted molar refractivity (Wildman–Crippen MR) is 50.6 cm³/mol. The van der Waals surface area contributed by atoms with Gasteiger partial charge < -0.3 is 5.32 Å². The number of amides is 1. The van der Waals surface area contributed by atoms with Crippen LogP contribution in [0.4, 0.5) is 22.0 Å². The van der Waals surface area contributed by atoms with Gasteiger partial charge in [0.05, 0.1) is 0 Å². The lowest BCUT2D eigenvalue weighted by atomic mass is 10.1. The van der Waals surface area contributed by atoms with Gasteiger partial charge in [0.1, 0.15) is 0 Å². The van der Waals surface area contributed by atoms with E-state index in [1.807, 2.05) is 0 Å². The highest BCUT2D eigenvalue weighted by Gasteiger charge is 2.63. The van der Waals surface area contributed by atoms with Crippen LogP contribution in [-0.2, 0) is 4.79 Å². The lowest BCUT2D eigenvalue weighted by Gasteiger charge is -2.22. The highest BCUT2D eigenvalue weighted by molar-refractivity contribution is 5.84. The van der Waals surface area contributed by atoms with Crippen LogP contribution in [0.3, 0.4) is 0 Å². The van der Waals surface area contributed by atoms with E-state index in [2.05, 4.69) is 0 Å². The molecule has 0 heterocycles. The van der Waals surface area contributed by atoms with Gasteiger partial charge in [0.25, 0.3) is 0 Å². The second kappa shape index (κ2) is 5.18. The second-order valence-electron chi connectivity index (χ2n) is 4.23. The van der Waals surface area contributed by atoms with Crippen molar-refractivity contribution in [3.05, 3.63) is 0 Å². The molecule has 100 valence electrons. The molecule has 0 aromatic heterocycles. The first-order chi connectivity index (χ1) is 7.75. The third-order valence-electron chi connectivity index (χ3n) is 2.83. The summed E-state index contributed by atoms with van der Waals surface area (Å²) < 4.78 is 61.0. The number of hydrogen-bond donors (Lipinski definition) is 1. The van der Waals surface area contributed by atoms with E-state index < -0.39 is 24.0 Å². The molecule has 1 aliphatic rings. The molecule has 1 N–H and O–H groups in total. The van der Waals surface area contributed by atoms with Crippen LogP contribution in [0.2, 0.25) is 0 Å². The Balaban J connectivity index is 2.58. The summed E-state index contributed by atoms with van der Waals surface area (Å²) in [5.74, 6) is -7.55. The Morgan fingerprint density at radius 2 is 1.41 bits per heavy atom. The molecule has 0 aliphatic heterocycles. The van der Waals surface area contributed by atoms with Crippen molar-refractivity contribution >= 4 is 5.91 Å². The summed E-state index contributed by atoms with van der Waals surface area (Å²) in [5, 5.41) is 1.80. The third kappa shape index (κ3) is 3.54. The summed E-state index contributed by atoms with van der Waals surface area (Å²) in [6.07, 6.45) is -1.60. The summed E-state index contributed by atoms with van der Waals surface area (Å²) in [5.41, 5.74) is 0. The fourth-order valence-corrected chi connectivity index (χ4v) is 1.83. The van der Waals surface area contributed by atoms with E-state index in [9.17, 15) is 26.7 Å². The molecule has 0 aromatic rings. The molecular weight excluding hydrogens is 245 g/mol. The fourth-order valence-electron chi connectivity index (χ4n) is 1.83. The predicted octanol–water partition coefficient (Wildman–Crippen LogP) is 3.02. The zero-order valence-corrected chi connectivity index (χ0v) is 9.12. The highest BCUT2D eigenvalue weighted by Crippen LogP contribution is 2.35. The van der Waals surface area contributed by atoms with Crippen LogP contribution in [0, 0.1) is 0 Å². The molecule has 0 spiro atoms. The van der Waals surface area contributed by atoms with Crippen LogP contribution in [0.1, 0.15) is 38.5 Å². The van der Waals surface area contributed by atoms with Gasteiger partial charge in [-0.05, 0) is 12.8 Å². The first-order valence-electron chi connectivity index (χ1n) is 5.50. The van der Waals surface area contributed by atoms with E-state index in [0.29, 0.717) is 12.8 Å². The number of carbonyl (C=O) groups is 1. The normalized spacial score (nSPS) is 19.8. The van der Waals surface area contributed by atoms with Gasteiger partial charge >= 0.3 is 18.0 Å². The van der Waals surface area contributed by atoms with Crippen molar-refractivity contribution in [1.29, 1.82) is 0 Å². The summed E-state index contributed by atoms with van der Waals surface area (Å²) >= 11 is 0. The number of carbonyl (C=O) groups excluding carboxylic acids is 1. The minimum Gasteiger partial charge on any atom is -0.348 e. The zero-order chi connectivity index (χ0) is 13.1. The van der Waals surface area contributed by atoms with E-state index in [1.54, 1.807) is 5.32 Å². The van der Waals surface area contributed by atoms with Gasteiger partial charge in [-0.2, -0.15) is 22.0 Å². The molecule has 17 heavy (non-hydrogen) atoms. The number of nitrogens with one attached hydrogen (secondary N) is 1. The van der Waals surface area contributed by atoms with Gasteiger partial charge in [0, 0.05) is 6.04 Å². The summed E-state index contributed by atoms with van der Waals surface area (Å²) in [4.78, 5) is 10.9. The van der Waals surface area contributed by atoms with Crippen molar-refractivity contribution in [3.8, 4) is 0 Å². The minimum absolute atomic E-state index is 0.458. The van der Waals surface area contributed by atoms with Crippen molar-refractivity contribution in [2.45, 2.75) is 56.7 Å². The van der Waals surface area contributed by atoms with Gasteiger partial charge in [0.2, 0.25) is 0 Å². The molecule has 1 rings (SSSR count). The van der Waals surface area contributed by atoms with Gasteiger partial charge in [-0.1, -0.05) is 25.7 Å². The topological polar surface area (TPSA) is 29.1 Å². The van der Waals surface area contributed by atoms with Gasteiger partial charge in [-0.25, -0.2) is 0 Å². The van der Waals surface area contributed by atoms with Crippen LogP contribution >= 0.6 is 0 Å². The van der Waals surface area contributed by atoms with Crippen LogP contribution in [-0.4, -0.2) is 24.0 Å². The quantitative estimate of drug-likeness (QED) is 0.599. The molecule has 1 fully saturated rings. The number of rotatable bonds is 2. The molecule has 0 atom stereocenters. The molecule has 7 heteroatoms. The Hall–Kier alpha value is -0.880. The van der Waals surface area contributed by atoms with Crippen molar-refractivity contribution in [2.75, 3.05) is 0 Å². The molecular formula is C10H14F5NO. The highest BCUT2D eigenvalue weighted by atomic mass is 19.4. The standard InChI is InChI=1S/C10H14F5NO/c11-9(12,10(13,14)15)8(17)16-7-5-3-1-2-4-6-7/h7H,1-6H2,(H,16,17). The van der Waals surface area contributed by atoms with Crippen LogP contribution in [0.15, 0.2) is 0 Å². The van der Waals surface area contributed by atoms with Crippen molar-refractivity contribution in [2.24, 2.45) is 0 Å². The van der Waals surface area contributed by atoms with Gasteiger partial charge in [-0.15, -0.1) is 0 Å². The third-order valence-corrected chi connectivity index (χ3v) is 2.83. The van der Waals surface area contributed by atoms with E-state index in [-0.39, 0.29) is 0 Å². The van der Waals surface area contributed by atoms with E-state index in [1.165, 1.54) is 0 Å². The first-order valence-corrected chi connectivity index (χ1v) is 5.50. The maximum absolute atomic E-state index is 12.6. The van der Waals surface area contributed by atoms with Gasteiger partial charge in [0.15, 0.2) is 0 Å². The van der Waals surface area contributed by atoms with E-state index in [0.717, 1.165) is 25.7 Å². The Morgan fingerprint density at radius 3 is 1.82 bits per heavy atom. The summed E-state index contributed by atoms with van der Waals surface area (Å²) in [7, 11) is 0. The van der Waals surface area contributed by atoms with Crippen molar-refractivity contribution in [1.82, 2.24) is 5.32 Å². The summed E-state index contributed by atoms with van der Waals surface area (Å²) in [6.45, 7) is 0. The monoisotopic (exact) mass is 259 g/mol.